The average molecular weight is 462 g/mol. The first kappa shape index (κ1) is 23.2. The van der Waals surface area contributed by atoms with Gasteiger partial charge in [0.05, 0.1) is 29.8 Å². The van der Waals surface area contributed by atoms with Crippen molar-refractivity contribution in [3.8, 4) is 5.75 Å². The summed E-state index contributed by atoms with van der Waals surface area (Å²) in [5.41, 5.74) is 0.772. The molecular weight excluding hydrogens is 440 g/mol. The van der Waals surface area contributed by atoms with Crippen molar-refractivity contribution in [3.05, 3.63) is 49.9 Å². The predicted molar refractivity (Wildman–Crippen MR) is 115 cm³/mol. The van der Waals surface area contributed by atoms with Crippen LogP contribution in [0.5, 0.6) is 5.75 Å². The van der Waals surface area contributed by atoms with Crippen molar-refractivity contribution >= 4 is 39.9 Å². The van der Waals surface area contributed by atoms with E-state index >= 15 is 0 Å². The number of fused-ring (bicyclic) bond motifs is 1. The minimum absolute atomic E-state index is 0.00236. The van der Waals surface area contributed by atoms with Crippen LogP contribution in [0.25, 0.3) is 0 Å². The van der Waals surface area contributed by atoms with Gasteiger partial charge in [0, 0.05) is 10.9 Å². The number of hydrogen-bond acceptors (Lipinski definition) is 9. The van der Waals surface area contributed by atoms with E-state index in [2.05, 4.69) is 5.32 Å². The maximum Gasteiger partial charge on any atom is 0.341 e. The monoisotopic (exact) mass is 462 g/mol. The Bertz CT molecular complexity index is 1060. The van der Waals surface area contributed by atoms with Crippen LogP contribution in [0, 0.1) is 10.1 Å². The summed E-state index contributed by atoms with van der Waals surface area (Å²) in [5, 5.41) is 14.1. The number of nitro benzene ring substituents is 1. The van der Waals surface area contributed by atoms with Gasteiger partial charge < -0.3 is 19.5 Å². The number of nitrogens with zero attached hydrogens (tertiary/aromatic N) is 1. The molecule has 0 saturated carbocycles. The van der Waals surface area contributed by atoms with Crippen LogP contribution < -0.4 is 10.1 Å². The summed E-state index contributed by atoms with van der Waals surface area (Å²) in [7, 11) is 1.28. The molecule has 0 radical (unpaired) electrons. The molecule has 0 unspecified atom stereocenters. The fourth-order valence-corrected chi connectivity index (χ4v) is 4.70. The van der Waals surface area contributed by atoms with E-state index in [1.165, 1.54) is 30.6 Å². The quantitative estimate of drug-likeness (QED) is 0.358. The van der Waals surface area contributed by atoms with Crippen molar-refractivity contribution in [3.63, 3.8) is 0 Å². The summed E-state index contributed by atoms with van der Waals surface area (Å²) in [5.74, 6) is -2.03. The smallest absolute Gasteiger partial charge is 0.341 e. The number of carbonyl (C=O) groups excluding carboxylic acids is 3. The fraction of sp³-hybridized carbons (Fsp3) is 0.381. The number of esters is 2. The van der Waals surface area contributed by atoms with Gasteiger partial charge in [-0.2, -0.15) is 0 Å². The second-order valence-corrected chi connectivity index (χ2v) is 8.01. The van der Waals surface area contributed by atoms with Gasteiger partial charge in [0.25, 0.3) is 5.91 Å². The molecule has 3 rings (SSSR count). The number of hydrogen-bond donors (Lipinski definition) is 1. The highest BCUT2D eigenvalue weighted by atomic mass is 32.1. The van der Waals surface area contributed by atoms with Crippen molar-refractivity contribution in [2.45, 2.75) is 32.6 Å². The second kappa shape index (κ2) is 10.2. The third-order valence-electron chi connectivity index (χ3n) is 4.85. The molecule has 11 heteroatoms. The molecule has 0 spiro atoms. The van der Waals surface area contributed by atoms with Gasteiger partial charge >= 0.3 is 17.6 Å². The third-order valence-corrected chi connectivity index (χ3v) is 6.06. The largest absolute Gasteiger partial charge is 0.490 e. The minimum Gasteiger partial charge on any atom is -0.490 e. The Hall–Kier alpha value is -3.47. The minimum atomic E-state index is -0.901. The molecule has 0 saturated heterocycles. The van der Waals surface area contributed by atoms with Crippen LogP contribution in [0.2, 0.25) is 0 Å². The van der Waals surface area contributed by atoms with E-state index in [0.29, 0.717) is 10.6 Å². The van der Waals surface area contributed by atoms with E-state index in [0.717, 1.165) is 42.2 Å². The van der Waals surface area contributed by atoms with Crippen molar-refractivity contribution in [1.82, 2.24) is 0 Å². The van der Waals surface area contributed by atoms with E-state index in [1.807, 2.05) is 0 Å². The number of carbonyl (C=O) groups is 3. The van der Waals surface area contributed by atoms with E-state index < -0.39 is 35.1 Å². The Kier molecular flexibility index (Phi) is 7.41. The SMILES string of the molecule is CCOC(=O)c1c(NC(=O)COC(=O)c2ccc(OC)c([N+](=O)[O-])c2)sc2c1CCCC2. The van der Waals surface area contributed by atoms with E-state index in [-0.39, 0.29) is 17.9 Å². The zero-order valence-corrected chi connectivity index (χ0v) is 18.4. The molecule has 1 heterocycles. The van der Waals surface area contributed by atoms with E-state index in [1.54, 1.807) is 6.92 Å². The fourth-order valence-electron chi connectivity index (χ4n) is 3.41. The van der Waals surface area contributed by atoms with Gasteiger partial charge in [-0.15, -0.1) is 11.3 Å². The Morgan fingerprint density at radius 1 is 1.16 bits per heavy atom. The highest BCUT2D eigenvalue weighted by molar-refractivity contribution is 7.17. The molecule has 0 fully saturated rings. The first-order valence-corrected chi connectivity index (χ1v) is 10.8. The molecule has 2 aromatic rings. The van der Waals surface area contributed by atoms with Crippen molar-refractivity contribution in [2.24, 2.45) is 0 Å². The van der Waals surface area contributed by atoms with Crippen molar-refractivity contribution < 1.29 is 33.5 Å². The summed E-state index contributed by atoms with van der Waals surface area (Å²) >= 11 is 1.32. The van der Waals surface area contributed by atoms with Crippen molar-refractivity contribution in [1.29, 1.82) is 0 Å². The Morgan fingerprint density at radius 3 is 2.59 bits per heavy atom. The molecule has 1 aliphatic carbocycles. The van der Waals surface area contributed by atoms with Crippen LogP contribution in [-0.4, -0.2) is 43.1 Å². The first-order valence-electron chi connectivity index (χ1n) is 9.96. The predicted octanol–water partition coefficient (Wildman–Crippen LogP) is 3.52. The summed E-state index contributed by atoms with van der Waals surface area (Å²) in [4.78, 5) is 48.6. The van der Waals surface area contributed by atoms with Gasteiger partial charge in [0.2, 0.25) is 0 Å². The lowest BCUT2D eigenvalue weighted by Crippen LogP contribution is -2.22. The number of thiophene rings is 1. The number of aryl methyl sites for hydroxylation is 1. The molecule has 0 bridgehead atoms. The topological polar surface area (TPSA) is 134 Å². The highest BCUT2D eigenvalue weighted by Gasteiger charge is 2.27. The molecule has 10 nitrogen and oxygen atoms in total. The van der Waals surface area contributed by atoms with E-state index in [4.69, 9.17) is 14.2 Å². The molecule has 1 aliphatic rings. The zero-order valence-electron chi connectivity index (χ0n) is 17.6. The summed E-state index contributed by atoms with van der Waals surface area (Å²) < 4.78 is 15.0. The van der Waals surface area contributed by atoms with Crippen LogP contribution in [0.15, 0.2) is 18.2 Å². The summed E-state index contributed by atoms with van der Waals surface area (Å²) in [6.07, 6.45) is 3.53. The second-order valence-electron chi connectivity index (χ2n) is 6.90. The Balaban J connectivity index is 1.70. The molecule has 1 aromatic carbocycles. The Morgan fingerprint density at radius 2 is 1.91 bits per heavy atom. The number of methoxy groups -OCH3 is 1. The summed E-state index contributed by atoms with van der Waals surface area (Å²) in [6, 6.07) is 3.60. The highest BCUT2D eigenvalue weighted by Crippen LogP contribution is 2.38. The molecule has 1 aromatic heterocycles. The van der Waals surface area contributed by atoms with E-state index in [9.17, 15) is 24.5 Å². The number of anilines is 1. The third kappa shape index (κ3) is 5.05. The van der Waals surface area contributed by atoms with Gasteiger partial charge in [-0.05, 0) is 50.3 Å². The van der Waals surface area contributed by atoms with Gasteiger partial charge in [0.1, 0.15) is 5.00 Å². The molecular formula is C21H22N2O8S. The van der Waals surface area contributed by atoms with Gasteiger partial charge in [0.15, 0.2) is 12.4 Å². The lowest BCUT2D eigenvalue weighted by molar-refractivity contribution is -0.385. The average Bonchev–Trinajstić information content (AvgIpc) is 3.14. The lowest BCUT2D eigenvalue weighted by Gasteiger charge is -2.12. The van der Waals surface area contributed by atoms with Crippen LogP contribution >= 0.6 is 11.3 Å². The first-order chi connectivity index (χ1) is 15.3. The molecule has 0 atom stereocenters. The maximum absolute atomic E-state index is 12.5. The van der Waals surface area contributed by atoms with Crippen molar-refractivity contribution in [2.75, 3.05) is 25.6 Å². The van der Waals surface area contributed by atoms with Gasteiger partial charge in [-0.3, -0.25) is 14.9 Å². The molecule has 32 heavy (non-hydrogen) atoms. The number of ether oxygens (including phenoxy) is 3. The number of benzene rings is 1. The molecule has 1 amide bonds. The lowest BCUT2D eigenvalue weighted by atomic mass is 9.95. The molecule has 170 valence electrons. The van der Waals surface area contributed by atoms with Crippen LogP contribution in [0.3, 0.4) is 0 Å². The van der Waals surface area contributed by atoms with Crippen LogP contribution in [-0.2, 0) is 27.1 Å². The Labute approximate surface area is 187 Å². The van der Waals surface area contributed by atoms with Crippen LogP contribution in [0.1, 0.15) is 50.9 Å². The number of nitrogens with one attached hydrogen (secondary N) is 1. The number of nitro groups is 1. The normalized spacial score (nSPS) is 12.4. The molecule has 0 aliphatic heterocycles. The summed E-state index contributed by atoms with van der Waals surface area (Å²) in [6.45, 7) is 1.30. The number of rotatable bonds is 8. The molecule has 1 N–H and O–H groups in total. The maximum atomic E-state index is 12.5. The standard InChI is InChI=1S/C21H22N2O8S/c1-3-30-21(26)18-13-6-4-5-7-16(13)32-19(18)22-17(24)11-31-20(25)12-8-9-15(29-2)14(10-12)23(27)28/h8-10H,3-7,11H2,1-2H3,(H,22,24). The zero-order chi connectivity index (χ0) is 23.3. The van der Waals surface area contributed by atoms with Gasteiger partial charge in [-0.25, -0.2) is 9.59 Å². The number of amides is 1. The van der Waals surface area contributed by atoms with Crippen LogP contribution in [0.4, 0.5) is 10.7 Å². The van der Waals surface area contributed by atoms with Gasteiger partial charge in [-0.1, -0.05) is 0 Å².